The third-order valence-corrected chi connectivity index (χ3v) is 7.91. The van der Waals surface area contributed by atoms with Gasteiger partial charge in [0, 0.05) is 24.7 Å². The van der Waals surface area contributed by atoms with Crippen molar-refractivity contribution in [3.8, 4) is 0 Å². The number of nitrogens with zero attached hydrogens (tertiary/aromatic N) is 1. The number of anilines is 1. The van der Waals surface area contributed by atoms with E-state index >= 15 is 0 Å². The molecule has 32 heavy (non-hydrogen) atoms. The highest BCUT2D eigenvalue weighted by molar-refractivity contribution is 7.89. The number of sulfonamides is 1. The van der Waals surface area contributed by atoms with Crippen LogP contribution in [0.1, 0.15) is 29.5 Å². The molecule has 0 unspecified atom stereocenters. The number of carbonyl (C=O) groups excluding carboxylic acids is 1. The van der Waals surface area contributed by atoms with Crippen LogP contribution in [-0.2, 0) is 21.2 Å². The van der Waals surface area contributed by atoms with E-state index in [2.05, 4.69) is 17.4 Å². The van der Waals surface area contributed by atoms with Gasteiger partial charge in [0.2, 0.25) is 15.9 Å². The Morgan fingerprint density at radius 3 is 2.22 bits per heavy atom. The molecule has 0 saturated carbocycles. The fraction of sp³-hybridized carbons (Fsp3) is 0.269. The van der Waals surface area contributed by atoms with Gasteiger partial charge >= 0.3 is 0 Å². The van der Waals surface area contributed by atoms with Crippen molar-refractivity contribution < 1.29 is 13.2 Å². The molecule has 0 atom stereocenters. The SMILES string of the molecule is Cc1ccc(S(=O)(=O)N2CCC(C(=O)Nc3ccccc3Cc3ccccc3)CC2)cc1. The number of amides is 1. The quantitative estimate of drug-likeness (QED) is 0.598. The van der Waals surface area contributed by atoms with Crippen LogP contribution in [0.3, 0.4) is 0 Å². The largest absolute Gasteiger partial charge is 0.326 e. The molecule has 1 N–H and O–H groups in total. The lowest BCUT2D eigenvalue weighted by atomic mass is 9.96. The number of hydrogen-bond acceptors (Lipinski definition) is 3. The summed E-state index contributed by atoms with van der Waals surface area (Å²) in [5.74, 6) is -0.248. The zero-order valence-corrected chi connectivity index (χ0v) is 19.0. The van der Waals surface area contributed by atoms with Crippen LogP contribution in [0.15, 0.2) is 83.8 Å². The third kappa shape index (κ3) is 5.09. The van der Waals surface area contributed by atoms with Gasteiger partial charge in [0.1, 0.15) is 0 Å². The van der Waals surface area contributed by atoms with Gasteiger partial charge in [-0.3, -0.25) is 4.79 Å². The van der Waals surface area contributed by atoms with E-state index in [4.69, 9.17) is 0 Å². The normalized spacial score (nSPS) is 15.4. The van der Waals surface area contributed by atoms with Crippen molar-refractivity contribution >= 4 is 21.6 Å². The lowest BCUT2D eigenvalue weighted by Crippen LogP contribution is -2.41. The standard InChI is InChI=1S/C26H28N2O3S/c1-20-11-13-24(14-12-20)32(30,31)28-17-15-22(16-18-28)26(29)27-25-10-6-5-9-23(25)19-21-7-3-2-4-8-21/h2-14,22H,15-19H2,1H3,(H,27,29). The number of para-hydroxylation sites is 1. The van der Waals surface area contributed by atoms with E-state index < -0.39 is 10.0 Å². The van der Waals surface area contributed by atoms with Crippen LogP contribution >= 0.6 is 0 Å². The third-order valence-electron chi connectivity index (χ3n) is 6.00. The van der Waals surface area contributed by atoms with Crippen LogP contribution in [0.5, 0.6) is 0 Å². The molecule has 0 radical (unpaired) electrons. The number of rotatable bonds is 6. The van der Waals surface area contributed by atoms with Crippen molar-refractivity contribution in [1.82, 2.24) is 4.31 Å². The van der Waals surface area contributed by atoms with E-state index in [0.717, 1.165) is 23.2 Å². The van der Waals surface area contributed by atoms with Gasteiger partial charge in [-0.15, -0.1) is 0 Å². The molecular weight excluding hydrogens is 420 g/mol. The van der Waals surface area contributed by atoms with Gasteiger partial charge in [0.15, 0.2) is 0 Å². The molecule has 0 bridgehead atoms. The molecule has 1 fully saturated rings. The molecule has 1 aliphatic rings. The van der Waals surface area contributed by atoms with Gasteiger partial charge in [0.05, 0.1) is 4.90 Å². The minimum absolute atomic E-state index is 0.0436. The highest BCUT2D eigenvalue weighted by Gasteiger charge is 2.32. The first-order valence-corrected chi connectivity index (χ1v) is 12.4. The lowest BCUT2D eigenvalue weighted by Gasteiger charge is -2.30. The minimum atomic E-state index is -3.53. The molecule has 1 aliphatic heterocycles. The summed E-state index contributed by atoms with van der Waals surface area (Å²) in [6, 6.07) is 24.9. The predicted octanol–water partition coefficient (Wildman–Crippen LogP) is 4.63. The Labute approximate surface area is 190 Å². The van der Waals surface area contributed by atoms with Gasteiger partial charge in [-0.25, -0.2) is 8.42 Å². The summed E-state index contributed by atoms with van der Waals surface area (Å²) < 4.78 is 27.3. The summed E-state index contributed by atoms with van der Waals surface area (Å²) in [5.41, 5.74) is 4.08. The van der Waals surface area contributed by atoms with Gasteiger partial charge in [-0.1, -0.05) is 66.2 Å². The molecule has 1 amide bonds. The van der Waals surface area contributed by atoms with Crippen molar-refractivity contribution in [2.45, 2.75) is 31.1 Å². The van der Waals surface area contributed by atoms with Gasteiger partial charge in [-0.2, -0.15) is 4.31 Å². The van der Waals surface area contributed by atoms with Crippen LogP contribution in [-0.4, -0.2) is 31.7 Å². The number of carbonyl (C=O) groups is 1. The summed E-state index contributed by atoms with van der Waals surface area (Å²) in [6.45, 7) is 2.62. The summed E-state index contributed by atoms with van der Waals surface area (Å²) in [4.78, 5) is 13.3. The molecule has 6 heteroatoms. The van der Waals surface area contributed by atoms with E-state index in [-0.39, 0.29) is 11.8 Å². The Bertz CT molecular complexity index is 1170. The highest BCUT2D eigenvalue weighted by atomic mass is 32.2. The zero-order valence-electron chi connectivity index (χ0n) is 18.2. The van der Waals surface area contributed by atoms with E-state index in [1.807, 2.05) is 49.4 Å². The second kappa shape index (κ2) is 9.67. The second-order valence-corrected chi connectivity index (χ2v) is 10.2. The van der Waals surface area contributed by atoms with Crippen molar-refractivity contribution in [3.63, 3.8) is 0 Å². The zero-order chi connectivity index (χ0) is 22.6. The Morgan fingerprint density at radius 1 is 0.906 bits per heavy atom. The molecule has 3 aromatic rings. The monoisotopic (exact) mass is 448 g/mol. The molecule has 1 heterocycles. The smallest absolute Gasteiger partial charge is 0.243 e. The summed E-state index contributed by atoms with van der Waals surface area (Å²) in [5, 5.41) is 3.09. The number of nitrogens with one attached hydrogen (secondary N) is 1. The maximum Gasteiger partial charge on any atom is 0.243 e. The molecule has 0 aliphatic carbocycles. The van der Waals surface area contributed by atoms with Gasteiger partial charge in [-0.05, 0) is 55.5 Å². The summed E-state index contributed by atoms with van der Waals surface area (Å²) in [6.07, 6.45) is 1.76. The van der Waals surface area contributed by atoms with Crippen LogP contribution in [0.4, 0.5) is 5.69 Å². The van der Waals surface area contributed by atoms with E-state index in [1.54, 1.807) is 24.3 Å². The van der Waals surface area contributed by atoms with E-state index in [1.165, 1.54) is 9.87 Å². The van der Waals surface area contributed by atoms with E-state index in [9.17, 15) is 13.2 Å². The van der Waals surface area contributed by atoms with Crippen molar-refractivity contribution in [2.75, 3.05) is 18.4 Å². The Hall–Kier alpha value is -2.96. The van der Waals surface area contributed by atoms with Gasteiger partial charge < -0.3 is 5.32 Å². The number of hydrogen-bond donors (Lipinski definition) is 1. The number of aryl methyl sites for hydroxylation is 1. The average molecular weight is 449 g/mol. The molecule has 4 rings (SSSR count). The fourth-order valence-electron chi connectivity index (χ4n) is 4.06. The minimum Gasteiger partial charge on any atom is -0.326 e. The lowest BCUT2D eigenvalue weighted by molar-refractivity contribution is -0.120. The van der Waals surface area contributed by atoms with Crippen LogP contribution in [0.2, 0.25) is 0 Å². The first-order chi connectivity index (χ1) is 15.4. The van der Waals surface area contributed by atoms with Crippen LogP contribution < -0.4 is 5.32 Å². The van der Waals surface area contributed by atoms with Crippen LogP contribution in [0, 0.1) is 12.8 Å². The van der Waals surface area contributed by atoms with Crippen LogP contribution in [0.25, 0.3) is 0 Å². The molecule has 1 saturated heterocycles. The maximum absolute atomic E-state index is 13.0. The molecule has 0 spiro atoms. The summed E-state index contributed by atoms with van der Waals surface area (Å²) >= 11 is 0. The predicted molar refractivity (Wildman–Crippen MR) is 127 cm³/mol. The molecule has 5 nitrogen and oxygen atoms in total. The van der Waals surface area contributed by atoms with E-state index in [0.29, 0.717) is 30.8 Å². The molecular formula is C26H28N2O3S. The number of piperidine rings is 1. The Morgan fingerprint density at radius 2 is 1.53 bits per heavy atom. The highest BCUT2D eigenvalue weighted by Crippen LogP contribution is 2.26. The molecule has 166 valence electrons. The Kier molecular flexibility index (Phi) is 6.72. The maximum atomic E-state index is 13.0. The topological polar surface area (TPSA) is 66.5 Å². The summed E-state index contributed by atoms with van der Waals surface area (Å²) in [7, 11) is -3.53. The van der Waals surface area contributed by atoms with Crippen molar-refractivity contribution in [3.05, 3.63) is 95.6 Å². The van der Waals surface area contributed by atoms with Crippen molar-refractivity contribution in [1.29, 1.82) is 0 Å². The Balaban J connectivity index is 1.39. The number of benzene rings is 3. The average Bonchev–Trinajstić information content (AvgIpc) is 2.81. The van der Waals surface area contributed by atoms with Gasteiger partial charge in [0.25, 0.3) is 0 Å². The first-order valence-electron chi connectivity index (χ1n) is 10.9. The fourth-order valence-corrected chi connectivity index (χ4v) is 5.53. The van der Waals surface area contributed by atoms with Crippen molar-refractivity contribution in [2.24, 2.45) is 5.92 Å². The molecule has 3 aromatic carbocycles. The first kappa shape index (κ1) is 22.2. The second-order valence-electron chi connectivity index (χ2n) is 8.30. The molecule has 0 aromatic heterocycles.